The standard InChI is InChI=1S/C12H27N3O2/c1-4-5-11(2)14-12(16)10-15(7-6-13)8-9-17-3/h11H,4-10,13H2,1-3H3,(H,14,16). The predicted molar refractivity (Wildman–Crippen MR) is 69.9 cm³/mol. The van der Waals surface area contributed by atoms with Crippen LogP contribution in [0.25, 0.3) is 0 Å². The number of carbonyl (C=O) groups excluding carboxylic acids is 1. The molecule has 0 fully saturated rings. The fourth-order valence-corrected chi connectivity index (χ4v) is 1.70. The lowest BCUT2D eigenvalue weighted by Gasteiger charge is -2.22. The van der Waals surface area contributed by atoms with Crippen LogP contribution in [0.5, 0.6) is 0 Å². The molecule has 0 heterocycles. The minimum Gasteiger partial charge on any atom is -0.383 e. The van der Waals surface area contributed by atoms with Gasteiger partial charge in [-0.25, -0.2) is 0 Å². The van der Waals surface area contributed by atoms with Gasteiger partial charge in [-0.3, -0.25) is 9.69 Å². The molecule has 0 aromatic heterocycles. The number of nitrogens with one attached hydrogen (secondary N) is 1. The molecule has 17 heavy (non-hydrogen) atoms. The molecule has 0 rings (SSSR count). The summed E-state index contributed by atoms with van der Waals surface area (Å²) in [5.74, 6) is 0.0653. The fourth-order valence-electron chi connectivity index (χ4n) is 1.70. The van der Waals surface area contributed by atoms with Gasteiger partial charge in [0.1, 0.15) is 0 Å². The van der Waals surface area contributed by atoms with Gasteiger partial charge in [0.05, 0.1) is 13.2 Å². The van der Waals surface area contributed by atoms with Crippen LogP contribution in [0.2, 0.25) is 0 Å². The van der Waals surface area contributed by atoms with Gasteiger partial charge in [-0.1, -0.05) is 13.3 Å². The highest BCUT2D eigenvalue weighted by Gasteiger charge is 2.11. The third kappa shape index (κ3) is 9.09. The number of hydrogen-bond donors (Lipinski definition) is 2. The maximum atomic E-state index is 11.7. The predicted octanol–water partition coefficient (Wildman–Crippen LogP) is 0.198. The lowest BCUT2D eigenvalue weighted by Crippen LogP contribution is -2.43. The van der Waals surface area contributed by atoms with Crippen molar-refractivity contribution < 1.29 is 9.53 Å². The summed E-state index contributed by atoms with van der Waals surface area (Å²) < 4.78 is 5.01. The molecule has 102 valence electrons. The van der Waals surface area contributed by atoms with E-state index in [9.17, 15) is 4.79 Å². The van der Waals surface area contributed by atoms with Crippen LogP contribution in [0.1, 0.15) is 26.7 Å². The van der Waals surface area contributed by atoms with Crippen molar-refractivity contribution in [3.63, 3.8) is 0 Å². The molecule has 0 aromatic carbocycles. The van der Waals surface area contributed by atoms with E-state index in [0.29, 0.717) is 19.7 Å². The Bertz CT molecular complexity index is 200. The highest BCUT2D eigenvalue weighted by Crippen LogP contribution is 1.95. The van der Waals surface area contributed by atoms with Gasteiger partial charge in [-0.15, -0.1) is 0 Å². The number of nitrogens with zero attached hydrogens (tertiary/aromatic N) is 1. The van der Waals surface area contributed by atoms with Gasteiger partial charge in [0.25, 0.3) is 0 Å². The zero-order valence-electron chi connectivity index (χ0n) is 11.4. The van der Waals surface area contributed by atoms with Crippen LogP contribution in [0, 0.1) is 0 Å². The molecule has 0 aliphatic heterocycles. The van der Waals surface area contributed by atoms with Crippen molar-refractivity contribution >= 4 is 5.91 Å². The first-order valence-electron chi connectivity index (χ1n) is 6.34. The number of nitrogens with two attached hydrogens (primary N) is 1. The molecule has 0 saturated carbocycles. The molecule has 0 bridgehead atoms. The van der Waals surface area contributed by atoms with Crippen molar-refractivity contribution in [2.75, 3.05) is 39.9 Å². The smallest absolute Gasteiger partial charge is 0.234 e. The van der Waals surface area contributed by atoms with Gasteiger partial charge in [0.2, 0.25) is 5.91 Å². The fraction of sp³-hybridized carbons (Fsp3) is 0.917. The van der Waals surface area contributed by atoms with E-state index in [1.54, 1.807) is 7.11 Å². The van der Waals surface area contributed by atoms with Crippen molar-refractivity contribution in [3.05, 3.63) is 0 Å². The molecular weight excluding hydrogens is 218 g/mol. The molecule has 1 amide bonds. The van der Waals surface area contributed by atoms with Gasteiger partial charge in [0.15, 0.2) is 0 Å². The van der Waals surface area contributed by atoms with E-state index >= 15 is 0 Å². The average Bonchev–Trinajstić information content (AvgIpc) is 2.26. The molecule has 3 N–H and O–H groups in total. The van der Waals surface area contributed by atoms with Crippen LogP contribution in [-0.4, -0.2) is 56.7 Å². The molecule has 0 aliphatic rings. The van der Waals surface area contributed by atoms with E-state index in [2.05, 4.69) is 12.2 Å². The van der Waals surface area contributed by atoms with Gasteiger partial charge < -0.3 is 15.8 Å². The Morgan fingerprint density at radius 2 is 2.18 bits per heavy atom. The Morgan fingerprint density at radius 1 is 1.47 bits per heavy atom. The molecule has 0 aromatic rings. The highest BCUT2D eigenvalue weighted by molar-refractivity contribution is 5.78. The summed E-state index contributed by atoms with van der Waals surface area (Å²) in [5, 5.41) is 2.98. The second-order valence-corrected chi connectivity index (χ2v) is 4.31. The van der Waals surface area contributed by atoms with Crippen molar-refractivity contribution in [2.24, 2.45) is 5.73 Å². The molecular formula is C12H27N3O2. The van der Waals surface area contributed by atoms with Crippen molar-refractivity contribution in [2.45, 2.75) is 32.7 Å². The van der Waals surface area contributed by atoms with E-state index in [-0.39, 0.29) is 11.9 Å². The molecule has 1 unspecified atom stereocenters. The number of methoxy groups -OCH3 is 1. The normalized spacial score (nSPS) is 12.8. The average molecular weight is 245 g/mol. The maximum Gasteiger partial charge on any atom is 0.234 e. The van der Waals surface area contributed by atoms with Crippen LogP contribution in [-0.2, 0) is 9.53 Å². The number of ether oxygens (including phenoxy) is 1. The first-order chi connectivity index (χ1) is 8.13. The number of hydrogen-bond acceptors (Lipinski definition) is 4. The van der Waals surface area contributed by atoms with Gasteiger partial charge in [-0.2, -0.15) is 0 Å². The molecule has 1 atom stereocenters. The third-order valence-electron chi connectivity index (χ3n) is 2.55. The van der Waals surface area contributed by atoms with E-state index in [4.69, 9.17) is 10.5 Å². The minimum atomic E-state index is 0.0653. The SMILES string of the molecule is CCCC(C)NC(=O)CN(CCN)CCOC. The summed E-state index contributed by atoms with van der Waals surface area (Å²) in [7, 11) is 1.66. The third-order valence-corrected chi connectivity index (χ3v) is 2.55. The number of amides is 1. The molecule has 0 radical (unpaired) electrons. The summed E-state index contributed by atoms with van der Waals surface area (Å²) in [4.78, 5) is 13.8. The topological polar surface area (TPSA) is 67.6 Å². The van der Waals surface area contributed by atoms with Crippen LogP contribution in [0.4, 0.5) is 0 Å². The van der Waals surface area contributed by atoms with Gasteiger partial charge in [0, 0.05) is 32.8 Å². The van der Waals surface area contributed by atoms with E-state index in [1.807, 2.05) is 11.8 Å². The zero-order chi connectivity index (χ0) is 13.1. The molecule has 0 aliphatic carbocycles. The van der Waals surface area contributed by atoms with E-state index in [1.165, 1.54) is 0 Å². The van der Waals surface area contributed by atoms with Crippen molar-refractivity contribution in [1.29, 1.82) is 0 Å². The first kappa shape index (κ1) is 16.4. The Labute approximate surface area is 105 Å². The largest absolute Gasteiger partial charge is 0.383 e. The Hall–Kier alpha value is -0.650. The minimum absolute atomic E-state index is 0.0653. The monoisotopic (exact) mass is 245 g/mol. The van der Waals surface area contributed by atoms with Crippen LogP contribution < -0.4 is 11.1 Å². The van der Waals surface area contributed by atoms with Crippen LogP contribution in [0.3, 0.4) is 0 Å². The number of carbonyl (C=O) groups is 1. The molecule has 0 spiro atoms. The van der Waals surface area contributed by atoms with E-state index < -0.39 is 0 Å². The molecule has 0 saturated heterocycles. The summed E-state index contributed by atoms with van der Waals surface area (Å²) in [6.07, 6.45) is 2.10. The Balaban J connectivity index is 3.93. The van der Waals surface area contributed by atoms with Crippen LogP contribution in [0.15, 0.2) is 0 Å². The maximum absolute atomic E-state index is 11.7. The Morgan fingerprint density at radius 3 is 2.71 bits per heavy atom. The summed E-state index contributed by atoms with van der Waals surface area (Å²) in [6, 6.07) is 0.245. The van der Waals surface area contributed by atoms with Crippen molar-refractivity contribution in [1.82, 2.24) is 10.2 Å². The highest BCUT2D eigenvalue weighted by atomic mass is 16.5. The van der Waals surface area contributed by atoms with Gasteiger partial charge >= 0.3 is 0 Å². The van der Waals surface area contributed by atoms with Gasteiger partial charge in [-0.05, 0) is 13.3 Å². The first-order valence-corrected chi connectivity index (χ1v) is 6.34. The second-order valence-electron chi connectivity index (χ2n) is 4.31. The summed E-state index contributed by atoms with van der Waals surface area (Å²) in [6.45, 7) is 7.18. The zero-order valence-corrected chi connectivity index (χ0v) is 11.4. The van der Waals surface area contributed by atoms with Crippen molar-refractivity contribution in [3.8, 4) is 0 Å². The second kappa shape index (κ2) is 10.5. The molecule has 5 nitrogen and oxygen atoms in total. The Kier molecular flexibility index (Phi) is 10.1. The quantitative estimate of drug-likeness (QED) is 0.577. The summed E-state index contributed by atoms with van der Waals surface area (Å²) >= 11 is 0. The number of rotatable bonds is 10. The lowest BCUT2D eigenvalue weighted by atomic mass is 10.2. The van der Waals surface area contributed by atoms with Crippen LogP contribution >= 0.6 is 0 Å². The summed E-state index contributed by atoms with van der Waals surface area (Å²) in [5.41, 5.74) is 5.51. The lowest BCUT2D eigenvalue weighted by molar-refractivity contribution is -0.123. The molecule has 5 heteroatoms. The van der Waals surface area contributed by atoms with E-state index in [0.717, 1.165) is 25.9 Å².